The molecule has 24 heavy (non-hydrogen) atoms. The predicted molar refractivity (Wildman–Crippen MR) is 84.6 cm³/mol. The van der Waals surface area contributed by atoms with Crippen LogP contribution in [0.5, 0.6) is 5.75 Å². The highest BCUT2D eigenvalue weighted by molar-refractivity contribution is 6.08. The van der Waals surface area contributed by atoms with E-state index in [0.717, 1.165) is 5.56 Å². The molecule has 0 aromatic heterocycles. The highest BCUT2D eigenvalue weighted by atomic mass is 19.4. The number of carbonyl (C=O) groups is 1. The van der Waals surface area contributed by atoms with Crippen molar-refractivity contribution in [1.82, 2.24) is 0 Å². The van der Waals surface area contributed by atoms with Gasteiger partial charge in [-0.25, -0.2) is 0 Å². The number of methoxy groups -OCH3 is 1. The third-order valence-electron chi connectivity index (χ3n) is 4.05. The van der Waals surface area contributed by atoms with Crippen molar-refractivity contribution in [3.8, 4) is 5.75 Å². The van der Waals surface area contributed by atoms with Crippen molar-refractivity contribution in [1.29, 1.82) is 0 Å². The maximum absolute atomic E-state index is 12.6. The fraction of sp³-hybridized carbons (Fsp3) is 0.278. The largest absolute Gasteiger partial charge is 0.497 e. The van der Waals surface area contributed by atoms with Gasteiger partial charge in [-0.1, -0.05) is 12.1 Å². The van der Waals surface area contributed by atoms with Crippen molar-refractivity contribution < 1.29 is 22.7 Å². The number of rotatable bonds is 3. The second-order valence-corrected chi connectivity index (χ2v) is 5.69. The first-order valence-electron chi connectivity index (χ1n) is 7.52. The zero-order chi connectivity index (χ0) is 17.3. The van der Waals surface area contributed by atoms with Crippen molar-refractivity contribution >= 4 is 11.6 Å². The van der Waals surface area contributed by atoms with Gasteiger partial charge in [0.2, 0.25) is 0 Å². The maximum atomic E-state index is 12.6. The first kappa shape index (κ1) is 16.4. The second kappa shape index (κ2) is 6.19. The topological polar surface area (TPSA) is 29.5 Å². The number of amides is 1. The summed E-state index contributed by atoms with van der Waals surface area (Å²) >= 11 is 0. The van der Waals surface area contributed by atoms with Crippen LogP contribution in [-0.4, -0.2) is 25.7 Å². The molecule has 2 aromatic carbocycles. The van der Waals surface area contributed by atoms with Crippen LogP contribution in [0.2, 0.25) is 0 Å². The summed E-state index contributed by atoms with van der Waals surface area (Å²) in [6, 6.07) is 11.3. The van der Waals surface area contributed by atoms with E-state index in [1.54, 1.807) is 36.3 Å². The molecule has 0 aliphatic carbocycles. The van der Waals surface area contributed by atoms with E-state index in [0.29, 0.717) is 30.0 Å². The van der Waals surface area contributed by atoms with Gasteiger partial charge >= 0.3 is 6.18 Å². The molecule has 1 amide bonds. The first-order valence-corrected chi connectivity index (χ1v) is 7.52. The van der Waals surface area contributed by atoms with Crippen LogP contribution in [0.3, 0.4) is 0 Å². The monoisotopic (exact) mass is 335 g/mol. The Morgan fingerprint density at radius 2 is 1.83 bits per heavy atom. The Hall–Kier alpha value is -2.50. The number of ether oxygens (including phenoxy) is 1. The van der Waals surface area contributed by atoms with Gasteiger partial charge in [0.1, 0.15) is 5.75 Å². The molecule has 126 valence electrons. The molecule has 0 atom stereocenters. The molecule has 1 heterocycles. The number of anilines is 1. The van der Waals surface area contributed by atoms with Crippen LogP contribution in [0.15, 0.2) is 42.5 Å². The lowest BCUT2D eigenvalue weighted by Gasteiger charge is -2.29. The number of carbonyl (C=O) groups excluding carboxylic acids is 1. The Bertz CT molecular complexity index is 754. The van der Waals surface area contributed by atoms with Crippen LogP contribution >= 0.6 is 0 Å². The minimum Gasteiger partial charge on any atom is -0.497 e. The molecule has 3 nitrogen and oxygen atoms in total. The van der Waals surface area contributed by atoms with Gasteiger partial charge in [0.05, 0.1) is 13.5 Å². The lowest BCUT2D eigenvalue weighted by atomic mass is 9.98. The van der Waals surface area contributed by atoms with Crippen LogP contribution in [0.4, 0.5) is 18.9 Å². The fourth-order valence-corrected chi connectivity index (χ4v) is 2.86. The summed E-state index contributed by atoms with van der Waals surface area (Å²) < 4.78 is 42.4. The molecule has 0 N–H and O–H groups in total. The summed E-state index contributed by atoms with van der Waals surface area (Å²) in [5.74, 6) is 0.550. The van der Waals surface area contributed by atoms with Crippen LogP contribution in [0.25, 0.3) is 0 Å². The molecule has 1 aliphatic rings. The molecule has 0 unspecified atom stereocenters. The number of hydrogen-bond acceptors (Lipinski definition) is 2. The lowest BCUT2D eigenvalue weighted by molar-refractivity contribution is -0.127. The average molecular weight is 335 g/mol. The summed E-state index contributed by atoms with van der Waals surface area (Å²) in [4.78, 5) is 14.2. The van der Waals surface area contributed by atoms with Crippen LogP contribution in [0, 0.1) is 0 Å². The Morgan fingerprint density at radius 3 is 2.46 bits per heavy atom. The number of hydrogen-bond donors (Lipinski definition) is 0. The first-order chi connectivity index (χ1) is 11.4. The smallest absolute Gasteiger partial charge is 0.393 e. The van der Waals surface area contributed by atoms with Crippen LogP contribution in [0.1, 0.15) is 21.5 Å². The Balaban J connectivity index is 1.82. The van der Waals surface area contributed by atoms with E-state index < -0.39 is 12.6 Å². The molecular weight excluding hydrogens is 319 g/mol. The van der Waals surface area contributed by atoms with Crippen molar-refractivity contribution in [3.05, 3.63) is 59.2 Å². The summed E-state index contributed by atoms with van der Waals surface area (Å²) in [7, 11) is 1.57. The third-order valence-corrected chi connectivity index (χ3v) is 4.05. The molecule has 0 bridgehead atoms. The Kier molecular flexibility index (Phi) is 4.22. The minimum atomic E-state index is -4.24. The average Bonchev–Trinajstić information content (AvgIpc) is 2.54. The predicted octanol–water partition coefficient (Wildman–Crippen LogP) is 4.00. The molecule has 3 rings (SSSR count). The molecule has 0 fully saturated rings. The van der Waals surface area contributed by atoms with Gasteiger partial charge in [-0.05, 0) is 47.9 Å². The van der Waals surface area contributed by atoms with E-state index in [4.69, 9.17) is 4.74 Å². The van der Waals surface area contributed by atoms with E-state index in [2.05, 4.69) is 0 Å². The zero-order valence-electron chi connectivity index (χ0n) is 13.1. The van der Waals surface area contributed by atoms with Gasteiger partial charge < -0.3 is 9.64 Å². The van der Waals surface area contributed by atoms with Crippen molar-refractivity contribution in [2.24, 2.45) is 0 Å². The molecule has 0 saturated carbocycles. The quantitative estimate of drug-likeness (QED) is 0.848. The molecule has 0 saturated heterocycles. The van der Waals surface area contributed by atoms with Gasteiger partial charge in [-0.2, -0.15) is 13.2 Å². The van der Waals surface area contributed by atoms with E-state index in [-0.39, 0.29) is 11.5 Å². The van der Waals surface area contributed by atoms with Gasteiger partial charge in [-0.15, -0.1) is 0 Å². The van der Waals surface area contributed by atoms with E-state index in [1.807, 2.05) is 6.07 Å². The van der Waals surface area contributed by atoms with Crippen LogP contribution < -0.4 is 9.64 Å². The second-order valence-electron chi connectivity index (χ2n) is 5.69. The molecule has 0 radical (unpaired) electrons. The third kappa shape index (κ3) is 3.37. The Labute approximate surface area is 137 Å². The van der Waals surface area contributed by atoms with Crippen LogP contribution in [-0.2, 0) is 12.8 Å². The summed E-state index contributed by atoms with van der Waals surface area (Å²) in [5, 5.41) is 0. The highest BCUT2D eigenvalue weighted by Gasteiger charge is 2.28. The van der Waals surface area contributed by atoms with Crippen molar-refractivity contribution in [2.75, 3.05) is 18.6 Å². The molecular formula is C18H16F3NO2. The number of benzene rings is 2. The minimum absolute atomic E-state index is 0.150. The highest BCUT2D eigenvalue weighted by Crippen LogP contribution is 2.28. The van der Waals surface area contributed by atoms with Gasteiger partial charge in [0.25, 0.3) is 5.91 Å². The number of alkyl halides is 3. The van der Waals surface area contributed by atoms with Gasteiger partial charge in [0.15, 0.2) is 0 Å². The van der Waals surface area contributed by atoms with Crippen molar-refractivity contribution in [2.45, 2.75) is 19.0 Å². The van der Waals surface area contributed by atoms with Crippen molar-refractivity contribution in [3.63, 3.8) is 0 Å². The summed E-state index contributed by atoms with van der Waals surface area (Å²) in [5.41, 5.74) is 2.30. The number of halogens is 3. The molecule has 0 spiro atoms. The van der Waals surface area contributed by atoms with Gasteiger partial charge in [0, 0.05) is 17.8 Å². The number of nitrogens with zero attached hydrogens (tertiary/aromatic N) is 1. The van der Waals surface area contributed by atoms with E-state index in [9.17, 15) is 18.0 Å². The Morgan fingerprint density at radius 1 is 1.12 bits per heavy atom. The SMILES string of the molecule is COc1ccc2c(c1)CCN(c1ccc(CC(F)(F)F)cc1)C2=O. The fourth-order valence-electron chi connectivity index (χ4n) is 2.86. The molecule has 2 aromatic rings. The maximum Gasteiger partial charge on any atom is 0.393 e. The number of fused-ring (bicyclic) bond motifs is 1. The normalized spacial score (nSPS) is 14.5. The molecule has 1 aliphatic heterocycles. The lowest BCUT2D eigenvalue weighted by Crippen LogP contribution is -2.37. The molecule has 6 heteroatoms. The zero-order valence-corrected chi connectivity index (χ0v) is 13.1. The van der Waals surface area contributed by atoms with E-state index >= 15 is 0 Å². The van der Waals surface area contributed by atoms with E-state index in [1.165, 1.54) is 12.1 Å². The summed E-state index contributed by atoms with van der Waals surface area (Å²) in [6.07, 6.45) is -4.53. The standard InChI is InChI=1S/C18H16F3NO2/c1-24-15-6-7-16-13(10-15)8-9-22(17(16)23)14-4-2-12(3-5-14)11-18(19,20)21/h2-7,10H,8-9,11H2,1H3. The van der Waals surface area contributed by atoms with Gasteiger partial charge in [-0.3, -0.25) is 4.79 Å². The summed E-state index contributed by atoms with van der Waals surface area (Å²) in [6.45, 7) is 0.484.